The molecule has 0 fully saturated rings. The van der Waals surface area contributed by atoms with Crippen LogP contribution in [0.25, 0.3) is 0 Å². The molecule has 0 aliphatic carbocycles. The summed E-state index contributed by atoms with van der Waals surface area (Å²) in [6.45, 7) is 1.73. The topological polar surface area (TPSA) is 85.2 Å². The van der Waals surface area contributed by atoms with E-state index in [1.807, 2.05) is 42.1 Å². The van der Waals surface area contributed by atoms with Gasteiger partial charge in [0, 0.05) is 39.3 Å². The number of hydrogen-bond donors (Lipinski definition) is 2. The molecule has 0 aliphatic heterocycles. The van der Waals surface area contributed by atoms with Crippen LogP contribution in [0, 0.1) is 0 Å². The van der Waals surface area contributed by atoms with Crippen LogP contribution in [0.1, 0.15) is 30.8 Å². The van der Waals surface area contributed by atoms with Crippen molar-refractivity contribution >= 4 is 11.8 Å². The molecule has 0 radical (unpaired) electrons. The van der Waals surface area contributed by atoms with Gasteiger partial charge in [0.1, 0.15) is 17.6 Å². The molecule has 2 N–H and O–H groups in total. The maximum Gasteiger partial charge on any atom is 0.222 e. The van der Waals surface area contributed by atoms with Crippen LogP contribution in [0.15, 0.2) is 36.7 Å². The van der Waals surface area contributed by atoms with Crippen molar-refractivity contribution < 1.29 is 14.3 Å². The maximum atomic E-state index is 12.2. The predicted octanol–water partition coefficient (Wildman–Crippen LogP) is 1.16. The summed E-state index contributed by atoms with van der Waals surface area (Å²) in [6.07, 6.45) is 3.72. The van der Waals surface area contributed by atoms with Gasteiger partial charge in [-0.1, -0.05) is 12.1 Å². The minimum atomic E-state index is -0.374. The standard InChI is InChI=1S/C17H22N4O3/c1-12(22)18-9-8-15(23)20-16(17-19-10-11-21(17)2)13-4-6-14(24-3)7-5-13/h4-7,10-11,16H,8-9H2,1-3H3,(H,18,22)(H,20,23). The zero-order valence-electron chi connectivity index (χ0n) is 14.1. The highest BCUT2D eigenvalue weighted by Gasteiger charge is 2.20. The molecule has 0 saturated heterocycles. The van der Waals surface area contributed by atoms with Gasteiger partial charge in [-0.15, -0.1) is 0 Å². The summed E-state index contributed by atoms with van der Waals surface area (Å²) < 4.78 is 7.04. The number of imidazole rings is 1. The number of methoxy groups -OCH3 is 1. The first kappa shape index (κ1) is 17.5. The van der Waals surface area contributed by atoms with Crippen LogP contribution in [0.2, 0.25) is 0 Å². The summed E-state index contributed by atoms with van der Waals surface area (Å²) in [7, 11) is 3.48. The van der Waals surface area contributed by atoms with Crippen molar-refractivity contribution in [1.29, 1.82) is 0 Å². The summed E-state index contributed by atoms with van der Waals surface area (Å²) in [5, 5.41) is 5.59. The van der Waals surface area contributed by atoms with Crippen LogP contribution in [0.3, 0.4) is 0 Å². The van der Waals surface area contributed by atoms with Crippen molar-refractivity contribution in [3.8, 4) is 5.75 Å². The lowest BCUT2D eigenvalue weighted by Crippen LogP contribution is -2.33. The van der Waals surface area contributed by atoms with Gasteiger partial charge in [0.25, 0.3) is 0 Å². The van der Waals surface area contributed by atoms with Gasteiger partial charge in [-0.2, -0.15) is 0 Å². The molecule has 24 heavy (non-hydrogen) atoms. The number of aryl methyl sites for hydroxylation is 1. The molecule has 7 heteroatoms. The molecule has 7 nitrogen and oxygen atoms in total. The molecule has 0 bridgehead atoms. The van der Waals surface area contributed by atoms with Crippen LogP contribution >= 0.6 is 0 Å². The van der Waals surface area contributed by atoms with E-state index in [2.05, 4.69) is 15.6 Å². The Morgan fingerprint density at radius 3 is 2.54 bits per heavy atom. The average molecular weight is 330 g/mol. The highest BCUT2D eigenvalue weighted by molar-refractivity contribution is 5.78. The zero-order valence-corrected chi connectivity index (χ0v) is 14.1. The summed E-state index contributed by atoms with van der Waals surface area (Å²) in [6, 6.07) is 7.10. The van der Waals surface area contributed by atoms with E-state index >= 15 is 0 Å². The third-order valence-electron chi connectivity index (χ3n) is 3.60. The molecular weight excluding hydrogens is 308 g/mol. The van der Waals surface area contributed by atoms with E-state index in [0.29, 0.717) is 6.54 Å². The van der Waals surface area contributed by atoms with Crippen LogP contribution in [0.4, 0.5) is 0 Å². The second-order valence-electron chi connectivity index (χ2n) is 5.40. The van der Waals surface area contributed by atoms with Gasteiger partial charge in [0.05, 0.1) is 7.11 Å². The fourth-order valence-electron chi connectivity index (χ4n) is 2.33. The number of rotatable bonds is 7. The van der Waals surface area contributed by atoms with Crippen molar-refractivity contribution in [2.75, 3.05) is 13.7 Å². The van der Waals surface area contributed by atoms with E-state index < -0.39 is 0 Å². The van der Waals surface area contributed by atoms with Crippen molar-refractivity contribution in [1.82, 2.24) is 20.2 Å². The van der Waals surface area contributed by atoms with Crippen LogP contribution < -0.4 is 15.4 Å². The van der Waals surface area contributed by atoms with Gasteiger partial charge in [-0.3, -0.25) is 9.59 Å². The lowest BCUT2D eigenvalue weighted by Gasteiger charge is -2.19. The minimum absolute atomic E-state index is 0.154. The largest absolute Gasteiger partial charge is 0.497 e. The number of nitrogens with one attached hydrogen (secondary N) is 2. The normalized spacial score (nSPS) is 11.6. The van der Waals surface area contributed by atoms with Crippen LogP contribution in [-0.2, 0) is 16.6 Å². The number of nitrogens with zero attached hydrogens (tertiary/aromatic N) is 2. The summed E-state index contributed by atoms with van der Waals surface area (Å²) in [5.74, 6) is 1.16. The van der Waals surface area contributed by atoms with Crippen LogP contribution in [-0.4, -0.2) is 35.0 Å². The molecule has 2 amide bonds. The van der Waals surface area contributed by atoms with E-state index in [1.54, 1.807) is 13.3 Å². The first-order chi connectivity index (χ1) is 11.5. The lowest BCUT2D eigenvalue weighted by atomic mass is 10.1. The number of benzene rings is 1. The van der Waals surface area contributed by atoms with Gasteiger partial charge in [0.15, 0.2) is 0 Å². The highest BCUT2D eigenvalue weighted by Crippen LogP contribution is 2.23. The highest BCUT2D eigenvalue weighted by atomic mass is 16.5. The third kappa shape index (κ3) is 4.58. The molecular formula is C17H22N4O3. The fourth-order valence-corrected chi connectivity index (χ4v) is 2.33. The van der Waals surface area contributed by atoms with E-state index in [1.165, 1.54) is 6.92 Å². The second kappa shape index (κ2) is 8.14. The Hall–Kier alpha value is -2.83. The monoisotopic (exact) mass is 330 g/mol. The lowest BCUT2D eigenvalue weighted by molar-refractivity contribution is -0.122. The molecule has 0 spiro atoms. The third-order valence-corrected chi connectivity index (χ3v) is 3.60. The molecule has 0 saturated carbocycles. The Morgan fingerprint density at radius 1 is 1.29 bits per heavy atom. The van der Waals surface area contributed by atoms with Crippen molar-refractivity contribution in [2.45, 2.75) is 19.4 Å². The quantitative estimate of drug-likeness (QED) is 0.798. The molecule has 128 valence electrons. The summed E-state index contributed by atoms with van der Waals surface area (Å²) in [5.41, 5.74) is 0.901. The Bertz CT molecular complexity index is 694. The molecule has 1 aromatic heterocycles. The van der Waals surface area contributed by atoms with Crippen LogP contribution in [0.5, 0.6) is 5.75 Å². The number of amides is 2. The number of hydrogen-bond acceptors (Lipinski definition) is 4. The fraction of sp³-hybridized carbons (Fsp3) is 0.353. The smallest absolute Gasteiger partial charge is 0.222 e. The Labute approximate surface area is 141 Å². The first-order valence-corrected chi connectivity index (χ1v) is 7.66. The van der Waals surface area contributed by atoms with Gasteiger partial charge in [-0.25, -0.2) is 4.98 Å². The first-order valence-electron chi connectivity index (χ1n) is 7.66. The summed E-state index contributed by atoms with van der Waals surface area (Å²) >= 11 is 0. The SMILES string of the molecule is COc1ccc(C(NC(=O)CCNC(C)=O)c2nccn2C)cc1. The molecule has 1 aromatic carbocycles. The number of carbonyl (C=O) groups excluding carboxylic acids is 2. The summed E-state index contributed by atoms with van der Waals surface area (Å²) in [4.78, 5) is 27.5. The maximum absolute atomic E-state index is 12.2. The van der Waals surface area contributed by atoms with Gasteiger partial charge < -0.3 is 19.9 Å². The van der Waals surface area contributed by atoms with E-state index in [-0.39, 0.29) is 24.3 Å². The number of ether oxygens (including phenoxy) is 1. The van der Waals surface area contributed by atoms with E-state index in [9.17, 15) is 9.59 Å². The molecule has 2 rings (SSSR count). The minimum Gasteiger partial charge on any atom is -0.497 e. The Balaban J connectivity index is 2.15. The Morgan fingerprint density at radius 2 is 2.00 bits per heavy atom. The Kier molecular flexibility index (Phi) is 5.95. The molecule has 2 aromatic rings. The zero-order chi connectivity index (χ0) is 17.5. The van der Waals surface area contributed by atoms with Gasteiger partial charge >= 0.3 is 0 Å². The van der Waals surface area contributed by atoms with Crippen molar-refractivity contribution in [3.05, 3.63) is 48.0 Å². The number of aromatic nitrogens is 2. The van der Waals surface area contributed by atoms with E-state index in [4.69, 9.17) is 4.74 Å². The molecule has 1 unspecified atom stereocenters. The van der Waals surface area contributed by atoms with Crippen molar-refractivity contribution in [2.24, 2.45) is 7.05 Å². The molecule has 1 heterocycles. The average Bonchev–Trinajstić information content (AvgIpc) is 2.98. The van der Waals surface area contributed by atoms with E-state index in [0.717, 1.165) is 17.1 Å². The van der Waals surface area contributed by atoms with Crippen molar-refractivity contribution in [3.63, 3.8) is 0 Å². The number of carbonyl (C=O) groups is 2. The molecule has 0 aliphatic rings. The molecule has 1 atom stereocenters. The van der Waals surface area contributed by atoms with Gasteiger partial charge in [-0.05, 0) is 17.7 Å². The van der Waals surface area contributed by atoms with Gasteiger partial charge in [0.2, 0.25) is 11.8 Å². The predicted molar refractivity (Wildman–Crippen MR) is 89.5 cm³/mol. The second-order valence-corrected chi connectivity index (χ2v) is 5.40.